The highest BCUT2D eigenvalue weighted by molar-refractivity contribution is 7.91. The van der Waals surface area contributed by atoms with Gasteiger partial charge in [-0.05, 0) is 50.6 Å². The number of carbonyl (C=O) groups is 2. The summed E-state index contributed by atoms with van der Waals surface area (Å²) < 4.78 is 36.8. The molecule has 1 atom stereocenters. The van der Waals surface area contributed by atoms with Gasteiger partial charge in [0.15, 0.2) is 9.84 Å². The van der Waals surface area contributed by atoms with Gasteiger partial charge >= 0.3 is 0 Å². The summed E-state index contributed by atoms with van der Waals surface area (Å²) in [6.45, 7) is 0.0501. The summed E-state index contributed by atoms with van der Waals surface area (Å²) in [6.07, 6.45) is 4.38. The molecule has 0 radical (unpaired) electrons. The number of amides is 2. The number of carbonyl (C=O) groups excluding carboxylic acids is 2. The molecule has 2 fully saturated rings. The molecule has 160 valence electrons. The number of benzene rings is 1. The lowest BCUT2D eigenvalue weighted by Gasteiger charge is -2.35. The predicted octanol–water partition coefficient (Wildman–Crippen LogP) is 1.65. The van der Waals surface area contributed by atoms with E-state index in [4.69, 9.17) is 0 Å². The molecule has 0 spiro atoms. The quantitative estimate of drug-likeness (QED) is 0.718. The Bertz CT molecular complexity index is 838. The lowest BCUT2D eigenvalue weighted by Crippen LogP contribution is -2.50. The molecule has 1 aromatic carbocycles. The molecule has 1 aliphatic heterocycles. The Balaban J connectivity index is 1.58. The van der Waals surface area contributed by atoms with Gasteiger partial charge in [0.05, 0.1) is 24.6 Å². The number of hydrogen-bond donors (Lipinski definition) is 1. The maximum absolute atomic E-state index is 13.0. The van der Waals surface area contributed by atoms with Crippen molar-refractivity contribution in [3.63, 3.8) is 0 Å². The van der Waals surface area contributed by atoms with Gasteiger partial charge in [-0.15, -0.1) is 0 Å². The van der Waals surface area contributed by atoms with Crippen LogP contribution >= 0.6 is 0 Å². The van der Waals surface area contributed by atoms with Gasteiger partial charge in [0, 0.05) is 17.8 Å². The van der Waals surface area contributed by atoms with E-state index in [0.717, 1.165) is 25.7 Å². The Kier molecular flexibility index (Phi) is 6.89. The molecule has 1 aliphatic carbocycles. The molecule has 0 bridgehead atoms. The van der Waals surface area contributed by atoms with Gasteiger partial charge in [-0.3, -0.25) is 14.5 Å². The topological polar surface area (TPSA) is 86.8 Å². The highest BCUT2D eigenvalue weighted by atomic mass is 32.2. The van der Waals surface area contributed by atoms with Crippen LogP contribution in [0.3, 0.4) is 0 Å². The van der Waals surface area contributed by atoms with Crippen molar-refractivity contribution in [2.75, 3.05) is 37.0 Å². The SMILES string of the molecule is CN(CC(=O)Nc1ccc(F)cc1)CC(=O)N(C1CCCC1)[C@@H]1CCS(=O)(=O)C1. The number of rotatable bonds is 7. The van der Waals surface area contributed by atoms with E-state index in [1.54, 1.807) is 16.8 Å². The van der Waals surface area contributed by atoms with Gasteiger partial charge in [-0.1, -0.05) is 12.8 Å². The number of halogens is 1. The number of sulfone groups is 1. The molecule has 1 heterocycles. The van der Waals surface area contributed by atoms with Crippen LogP contribution in [0.25, 0.3) is 0 Å². The summed E-state index contributed by atoms with van der Waals surface area (Å²) in [6, 6.07) is 5.29. The normalized spacial score (nSPS) is 21.4. The Morgan fingerprint density at radius 3 is 2.31 bits per heavy atom. The van der Waals surface area contributed by atoms with E-state index in [1.165, 1.54) is 24.3 Å². The molecule has 3 rings (SSSR count). The lowest BCUT2D eigenvalue weighted by atomic mass is 10.1. The third-order valence-corrected chi connectivity index (χ3v) is 7.30. The second-order valence-corrected chi connectivity index (χ2v) is 10.3. The molecule has 7 nitrogen and oxygen atoms in total. The Hall–Kier alpha value is -2.00. The van der Waals surface area contributed by atoms with E-state index in [9.17, 15) is 22.4 Å². The van der Waals surface area contributed by atoms with Gasteiger partial charge in [0.25, 0.3) is 0 Å². The molecule has 9 heteroatoms. The highest BCUT2D eigenvalue weighted by Gasteiger charge is 2.39. The van der Waals surface area contributed by atoms with Crippen LogP contribution in [0.4, 0.5) is 10.1 Å². The Morgan fingerprint density at radius 2 is 1.72 bits per heavy atom. The molecular weight excluding hydrogens is 397 g/mol. The lowest BCUT2D eigenvalue weighted by molar-refractivity contribution is -0.136. The van der Waals surface area contributed by atoms with Crippen LogP contribution in [-0.4, -0.2) is 73.8 Å². The van der Waals surface area contributed by atoms with Gasteiger partial charge in [-0.25, -0.2) is 12.8 Å². The highest BCUT2D eigenvalue weighted by Crippen LogP contribution is 2.29. The molecular formula is C20H28FN3O4S. The monoisotopic (exact) mass is 425 g/mol. The van der Waals surface area contributed by atoms with E-state index in [0.29, 0.717) is 12.1 Å². The smallest absolute Gasteiger partial charge is 0.238 e. The molecule has 0 aromatic heterocycles. The predicted molar refractivity (Wildman–Crippen MR) is 109 cm³/mol. The first kappa shape index (κ1) is 21.7. The summed E-state index contributed by atoms with van der Waals surface area (Å²) in [5.74, 6) is -0.654. The maximum Gasteiger partial charge on any atom is 0.238 e. The fourth-order valence-corrected chi connectivity index (χ4v) is 5.94. The standard InChI is InChI=1S/C20H28FN3O4S/c1-23(12-19(25)22-16-8-6-15(21)7-9-16)13-20(26)24(17-4-2-3-5-17)18-10-11-29(27,28)14-18/h6-9,17-18H,2-5,10-14H2,1H3,(H,22,25)/t18-/m1/s1. The van der Waals surface area contributed by atoms with E-state index in [-0.39, 0.29) is 54.3 Å². The number of hydrogen-bond acceptors (Lipinski definition) is 5. The van der Waals surface area contributed by atoms with E-state index in [2.05, 4.69) is 5.32 Å². The van der Waals surface area contributed by atoms with E-state index >= 15 is 0 Å². The maximum atomic E-state index is 13.0. The number of nitrogens with zero attached hydrogens (tertiary/aromatic N) is 2. The van der Waals surface area contributed by atoms with Crippen molar-refractivity contribution in [2.24, 2.45) is 0 Å². The van der Waals surface area contributed by atoms with Crippen LogP contribution < -0.4 is 5.32 Å². The average Bonchev–Trinajstić information content (AvgIpc) is 3.27. The van der Waals surface area contributed by atoms with Crippen molar-refractivity contribution in [1.82, 2.24) is 9.80 Å². The molecule has 2 aliphatic rings. The number of nitrogens with one attached hydrogen (secondary N) is 1. The van der Waals surface area contributed by atoms with Crippen molar-refractivity contribution >= 4 is 27.3 Å². The van der Waals surface area contributed by atoms with E-state index < -0.39 is 9.84 Å². The fraction of sp³-hybridized carbons (Fsp3) is 0.600. The minimum Gasteiger partial charge on any atom is -0.335 e. The first-order chi connectivity index (χ1) is 13.7. The van der Waals surface area contributed by atoms with E-state index in [1.807, 2.05) is 0 Å². The van der Waals surface area contributed by atoms with Crippen LogP contribution in [0.15, 0.2) is 24.3 Å². The second-order valence-electron chi connectivity index (χ2n) is 8.02. The number of likely N-dealkylation sites (N-methyl/N-ethyl adjacent to an activating group) is 1. The molecule has 1 saturated carbocycles. The van der Waals surface area contributed by atoms with Crippen LogP contribution in [0.5, 0.6) is 0 Å². The van der Waals surface area contributed by atoms with Crippen molar-refractivity contribution in [2.45, 2.75) is 44.2 Å². The van der Waals surface area contributed by atoms with Crippen molar-refractivity contribution in [1.29, 1.82) is 0 Å². The summed E-state index contributed by atoms with van der Waals surface area (Å²) in [7, 11) is -1.41. The van der Waals surface area contributed by atoms with Crippen LogP contribution in [0.1, 0.15) is 32.1 Å². The van der Waals surface area contributed by atoms with Crippen molar-refractivity contribution in [3.05, 3.63) is 30.1 Å². The summed E-state index contributed by atoms with van der Waals surface area (Å²) in [5, 5.41) is 2.67. The molecule has 0 unspecified atom stereocenters. The summed E-state index contributed by atoms with van der Waals surface area (Å²) in [5.41, 5.74) is 0.486. The first-order valence-corrected chi connectivity index (χ1v) is 11.8. The molecule has 2 amide bonds. The molecule has 1 saturated heterocycles. The van der Waals surface area contributed by atoms with Crippen LogP contribution in [0, 0.1) is 5.82 Å². The van der Waals surface area contributed by atoms with Crippen molar-refractivity contribution < 1.29 is 22.4 Å². The summed E-state index contributed by atoms with van der Waals surface area (Å²) in [4.78, 5) is 28.6. The van der Waals surface area contributed by atoms with Crippen LogP contribution in [0.2, 0.25) is 0 Å². The summed E-state index contributed by atoms with van der Waals surface area (Å²) >= 11 is 0. The largest absolute Gasteiger partial charge is 0.335 e. The van der Waals surface area contributed by atoms with Gasteiger partial charge in [0.1, 0.15) is 5.82 Å². The third kappa shape index (κ3) is 5.99. The average molecular weight is 426 g/mol. The van der Waals surface area contributed by atoms with Crippen molar-refractivity contribution in [3.8, 4) is 0 Å². The molecule has 29 heavy (non-hydrogen) atoms. The van der Waals surface area contributed by atoms with Gasteiger partial charge in [0.2, 0.25) is 11.8 Å². The number of anilines is 1. The second kappa shape index (κ2) is 9.21. The Morgan fingerprint density at radius 1 is 1.07 bits per heavy atom. The minimum absolute atomic E-state index is 0.00455. The van der Waals surface area contributed by atoms with Gasteiger partial charge in [-0.2, -0.15) is 0 Å². The fourth-order valence-electron chi connectivity index (χ4n) is 4.23. The molecule has 1 aromatic rings. The minimum atomic E-state index is -3.09. The zero-order valence-electron chi connectivity index (χ0n) is 16.6. The third-order valence-electron chi connectivity index (χ3n) is 5.55. The first-order valence-electron chi connectivity index (χ1n) is 9.99. The zero-order valence-corrected chi connectivity index (χ0v) is 17.5. The molecule has 1 N–H and O–H groups in total. The van der Waals surface area contributed by atoms with Gasteiger partial charge < -0.3 is 10.2 Å². The van der Waals surface area contributed by atoms with Crippen LogP contribution in [-0.2, 0) is 19.4 Å². The zero-order chi connectivity index (χ0) is 21.0. The Labute approximate surface area is 171 Å².